The van der Waals surface area contributed by atoms with E-state index in [4.69, 9.17) is 4.74 Å². The highest BCUT2D eigenvalue weighted by Gasteiger charge is 2.14. The predicted octanol–water partition coefficient (Wildman–Crippen LogP) is 2.20. The fourth-order valence-electron chi connectivity index (χ4n) is 1.87. The molecule has 1 aliphatic heterocycles. The SMILES string of the molecule is COc1cccc([C@H]2C=CCN2)c1C. The molecule has 1 N–H and O–H groups in total. The Hall–Kier alpha value is -1.28. The first-order valence-electron chi connectivity index (χ1n) is 4.86. The first-order chi connectivity index (χ1) is 6.83. The molecule has 1 aromatic rings. The zero-order chi connectivity index (χ0) is 9.97. The van der Waals surface area contributed by atoms with Gasteiger partial charge in [0.1, 0.15) is 5.75 Å². The summed E-state index contributed by atoms with van der Waals surface area (Å²) in [6.07, 6.45) is 4.35. The number of ether oxygens (including phenoxy) is 1. The summed E-state index contributed by atoms with van der Waals surface area (Å²) >= 11 is 0. The second kappa shape index (κ2) is 3.84. The summed E-state index contributed by atoms with van der Waals surface area (Å²) in [6.45, 7) is 3.06. The Morgan fingerprint density at radius 3 is 2.93 bits per heavy atom. The molecule has 1 aromatic carbocycles. The van der Waals surface area contributed by atoms with Crippen molar-refractivity contribution in [2.24, 2.45) is 0 Å². The molecule has 0 bridgehead atoms. The van der Waals surface area contributed by atoms with E-state index in [1.54, 1.807) is 7.11 Å². The van der Waals surface area contributed by atoms with Crippen LogP contribution in [-0.2, 0) is 0 Å². The van der Waals surface area contributed by atoms with Crippen molar-refractivity contribution in [1.29, 1.82) is 0 Å². The fraction of sp³-hybridized carbons (Fsp3) is 0.333. The lowest BCUT2D eigenvalue weighted by Crippen LogP contribution is -2.15. The smallest absolute Gasteiger partial charge is 0.122 e. The van der Waals surface area contributed by atoms with E-state index in [9.17, 15) is 0 Å². The number of benzene rings is 1. The molecule has 0 unspecified atom stereocenters. The van der Waals surface area contributed by atoms with Crippen LogP contribution in [0.5, 0.6) is 5.75 Å². The molecule has 0 aromatic heterocycles. The van der Waals surface area contributed by atoms with E-state index in [-0.39, 0.29) is 0 Å². The number of methoxy groups -OCH3 is 1. The quantitative estimate of drug-likeness (QED) is 0.720. The van der Waals surface area contributed by atoms with Gasteiger partial charge in [-0.3, -0.25) is 0 Å². The van der Waals surface area contributed by atoms with Crippen molar-refractivity contribution in [3.63, 3.8) is 0 Å². The van der Waals surface area contributed by atoms with Crippen LogP contribution in [0, 0.1) is 6.92 Å². The van der Waals surface area contributed by atoms with Crippen LogP contribution in [-0.4, -0.2) is 13.7 Å². The zero-order valence-electron chi connectivity index (χ0n) is 8.58. The summed E-state index contributed by atoms with van der Waals surface area (Å²) in [5.74, 6) is 0.963. The van der Waals surface area contributed by atoms with Crippen LogP contribution in [0.2, 0.25) is 0 Å². The maximum Gasteiger partial charge on any atom is 0.122 e. The second-order valence-electron chi connectivity index (χ2n) is 3.49. The van der Waals surface area contributed by atoms with Gasteiger partial charge in [-0.2, -0.15) is 0 Å². The first-order valence-corrected chi connectivity index (χ1v) is 4.86. The Morgan fingerprint density at radius 2 is 2.29 bits per heavy atom. The van der Waals surface area contributed by atoms with Crippen molar-refractivity contribution >= 4 is 0 Å². The summed E-state index contributed by atoms with van der Waals surface area (Å²) in [6, 6.07) is 6.53. The van der Waals surface area contributed by atoms with E-state index in [0.717, 1.165) is 12.3 Å². The van der Waals surface area contributed by atoms with Crippen LogP contribution in [0.4, 0.5) is 0 Å². The van der Waals surface area contributed by atoms with E-state index < -0.39 is 0 Å². The van der Waals surface area contributed by atoms with Crippen molar-refractivity contribution in [3.8, 4) is 5.75 Å². The number of hydrogen-bond donors (Lipinski definition) is 1. The number of rotatable bonds is 2. The molecule has 0 amide bonds. The Labute approximate surface area is 84.6 Å². The van der Waals surface area contributed by atoms with Gasteiger partial charge in [0.15, 0.2) is 0 Å². The van der Waals surface area contributed by atoms with Crippen LogP contribution < -0.4 is 10.1 Å². The fourth-order valence-corrected chi connectivity index (χ4v) is 1.87. The number of nitrogens with one attached hydrogen (secondary N) is 1. The van der Waals surface area contributed by atoms with E-state index in [2.05, 4.69) is 30.5 Å². The van der Waals surface area contributed by atoms with E-state index >= 15 is 0 Å². The topological polar surface area (TPSA) is 21.3 Å². The van der Waals surface area contributed by atoms with Gasteiger partial charge in [0.2, 0.25) is 0 Å². The summed E-state index contributed by atoms with van der Waals surface area (Å²) in [5, 5.41) is 3.40. The van der Waals surface area contributed by atoms with E-state index in [0.29, 0.717) is 6.04 Å². The first kappa shape index (κ1) is 9.28. The maximum absolute atomic E-state index is 5.29. The van der Waals surface area contributed by atoms with Gasteiger partial charge in [-0.15, -0.1) is 0 Å². The zero-order valence-corrected chi connectivity index (χ0v) is 8.58. The lowest BCUT2D eigenvalue weighted by molar-refractivity contribution is 0.410. The Morgan fingerprint density at radius 1 is 1.43 bits per heavy atom. The van der Waals surface area contributed by atoms with Crippen LogP contribution in [0.15, 0.2) is 30.4 Å². The minimum Gasteiger partial charge on any atom is -0.496 e. The second-order valence-corrected chi connectivity index (χ2v) is 3.49. The van der Waals surface area contributed by atoms with Gasteiger partial charge in [-0.25, -0.2) is 0 Å². The van der Waals surface area contributed by atoms with Gasteiger partial charge in [0, 0.05) is 6.54 Å². The standard InChI is InChI=1S/C12H15NO/c1-9-10(11-6-4-8-13-11)5-3-7-12(9)14-2/h3-7,11,13H,8H2,1-2H3/t11-/m1/s1. The summed E-state index contributed by atoms with van der Waals surface area (Å²) in [4.78, 5) is 0. The largest absolute Gasteiger partial charge is 0.496 e. The van der Waals surface area contributed by atoms with Gasteiger partial charge in [-0.05, 0) is 24.1 Å². The minimum absolute atomic E-state index is 0.352. The van der Waals surface area contributed by atoms with Crippen molar-refractivity contribution < 1.29 is 4.74 Å². The van der Waals surface area contributed by atoms with Crippen LogP contribution in [0.3, 0.4) is 0 Å². The average Bonchev–Trinajstić information content (AvgIpc) is 2.71. The highest BCUT2D eigenvalue weighted by molar-refractivity contribution is 5.42. The molecule has 2 heteroatoms. The highest BCUT2D eigenvalue weighted by atomic mass is 16.5. The van der Waals surface area contributed by atoms with Gasteiger partial charge in [-0.1, -0.05) is 24.3 Å². The lowest BCUT2D eigenvalue weighted by Gasteiger charge is -2.15. The molecule has 1 aliphatic rings. The van der Waals surface area contributed by atoms with Crippen LogP contribution in [0.25, 0.3) is 0 Å². The predicted molar refractivity (Wildman–Crippen MR) is 57.6 cm³/mol. The molecule has 0 aliphatic carbocycles. The molecule has 0 saturated heterocycles. The number of hydrogen-bond acceptors (Lipinski definition) is 2. The molecule has 0 spiro atoms. The average molecular weight is 189 g/mol. The Bertz CT molecular complexity index is 357. The van der Waals surface area contributed by atoms with Gasteiger partial charge in [0.25, 0.3) is 0 Å². The molecule has 2 rings (SSSR count). The summed E-state index contributed by atoms with van der Waals surface area (Å²) < 4.78 is 5.29. The van der Waals surface area contributed by atoms with E-state index in [1.807, 2.05) is 12.1 Å². The van der Waals surface area contributed by atoms with Crippen LogP contribution in [0.1, 0.15) is 17.2 Å². The Balaban J connectivity index is 2.37. The molecule has 0 fully saturated rings. The highest BCUT2D eigenvalue weighted by Crippen LogP contribution is 2.27. The minimum atomic E-state index is 0.352. The molecule has 14 heavy (non-hydrogen) atoms. The molecule has 74 valence electrons. The van der Waals surface area contributed by atoms with Gasteiger partial charge < -0.3 is 10.1 Å². The van der Waals surface area contributed by atoms with Crippen molar-refractivity contribution in [2.75, 3.05) is 13.7 Å². The van der Waals surface area contributed by atoms with E-state index in [1.165, 1.54) is 11.1 Å². The van der Waals surface area contributed by atoms with Crippen molar-refractivity contribution in [3.05, 3.63) is 41.5 Å². The lowest BCUT2D eigenvalue weighted by atomic mass is 10.0. The van der Waals surface area contributed by atoms with Crippen LogP contribution >= 0.6 is 0 Å². The third-order valence-corrected chi connectivity index (χ3v) is 2.67. The van der Waals surface area contributed by atoms with Gasteiger partial charge in [0.05, 0.1) is 13.2 Å². The maximum atomic E-state index is 5.29. The van der Waals surface area contributed by atoms with Crippen molar-refractivity contribution in [1.82, 2.24) is 5.32 Å². The third kappa shape index (κ3) is 1.53. The summed E-state index contributed by atoms with van der Waals surface area (Å²) in [7, 11) is 1.71. The molecule has 1 atom stereocenters. The molecular weight excluding hydrogens is 174 g/mol. The summed E-state index contributed by atoms with van der Waals surface area (Å²) in [5.41, 5.74) is 2.53. The molecule has 0 saturated carbocycles. The molecule has 0 radical (unpaired) electrons. The normalized spacial score (nSPS) is 20.0. The van der Waals surface area contributed by atoms with Crippen molar-refractivity contribution in [2.45, 2.75) is 13.0 Å². The Kier molecular flexibility index (Phi) is 2.55. The van der Waals surface area contributed by atoms with Gasteiger partial charge >= 0.3 is 0 Å². The monoisotopic (exact) mass is 189 g/mol. The third-order valence-electron chi connectivity index (χ3n) is 2.67. The molecular formula is C12H15NO. The molecule has 2 nitrogen and oxygen atoms in total. The molecule has 1 heterocycles.